The van der Waals surface area contributed by atoms with Crippen LogP contribution in [-0.4, -0.2) is 49.4 Å². The molecule has 0 saturated carbocycles. The zero-order valence-electron chi connectivity index (χ0n) is 20.4. The van der Waals surface area contributed by atoms with Gasteiger partial charge in [0.2, 0.25) is 11.8 Å². The third-order valence-electron chi connectivity index (χ3n) is 6.54. The molecule has 0 unspecified atom stereocenters. The second-order valence-corrected chi connectivity index (χ2v) is 8.65. The number of carbonyl (C=O) groups excluding carboxylic acids is 3. The Kier molecular flexibility index (Phi) is 7.34. The fourth-order valence-corrected chi connectivity index (χ4v) is 4.79. The van der Waals surface area contributed by atoms with Crippen LogP contribution >= 0.6 is 0 Å². The van der Waals surface area contributed by atoms with Crippen LogP contribution in [-0.2, 0) is 16.1 Å². The highest BCUT2D eigenvalue weighted by molar-refractivity contribution is 6.25. The van der Waals surface area contributed by atoms with Gasteiger partial charge in [-0.25, -0.2) is 0 Å². The molecular weight excluding hydrogens is 442 g/mol. The lowest BCUT2D eigenvalue weighted by atomic mass is 10.1. The first-order valence-electron chi connectivity index (χ1n) is 12.0. The van der Waals surface area contributed by atoms with Crippen molar-refractivity contribution < 1.29 is 19.1 Å². The molecular formula is C28H31N3O4. The molecule has 1 atom stereocenters. The predicted molar refractivity (Wildman–Crippen MR) is 137 cm³/mol. The van der Waals surface area contributed by atoms with Crippen molar-refractivity contribution in [2.75, 3.05) is 25.6 Å². The van der Waals surface area contributed by atoms with E-state index in [2.05, 4.69) is 5.32 Å². The quantitative estimate of drug-likeness (QED) is 0.480. The average Bonchev–Trinajstić information content (AvgIpc) is 3.16. The van der Waals surface area contributed by atoms with E-state index in [9.17, 15) is 14.4 Å². The van der Waals surface area contributed by atoms with Gasteiger partial charge in [-0.15, -0.1) is 0 Å². The third-order valence-corrected chi connectivity index (χ3v) is 6.54. The summed E-state index contributed by atoms with van der Waals surface area (Å²) < 4.78 is 5.31. The van der Waals surface area contributed by atoms with Gasteiger partial charge in [-0.2, -0.15) is 0 Å². The number of carbonyl (C=O) groups is 3. The van der Waals surface area contributed by atoms with Gasteiger partial charge >= 0.3 is 0 Å². The predicted octanol–water partition coefficient (Wildman–Crippen LogP) is 4.14. The van der Waals surface area contributed by atoms with Gasteiger partial charge in [-0.05, 0) is 48.1 Å². The van der Waals surface area contributed by atoms with Crippen LogP contribution in [0, 0.1) is 0 Å². The van der Waals surface area contributed by atoms with E-state index in [-0.39, 0.29) is 24.1 Å². The summed E-state index contributed by atoms with van der Waals surface area (Å²) in [7, 11) is 3.18. The lowest BCUT2D eigenvalue weighted by Crippen LogP contribution is -2.48. The minimum absolute atomic E-state index is 0.0331. The topological polar surface area (TPSA) is 79.0 Å². The summed E-state index contributed by atoms with van der Waals surface area (Å²) in [6.07, 6.45) is 1.22. The molecule has 4 rings (SSSR count). The first kappa shape index (κ1) is 24.3. The molecule has 7 heteroatoms. The molecule has 35 heavy (non-hydrogen) atoms. The summed E-state index contributed by atoms with van der Waals surface area (Å²) in [5.41, 5.74) is 2.48. The Morgan fingerprint density at radius 2 is 1.83 bits per heavy atom. The first-order chi connectivity index (χ1) is 17.0. The highest BCUT2D eigenvalue weighted by atomic mass is 16.5. The maximum atomic E-state index is 13.4. The van der Waals surface area contributed by atoms with E-state index in [1.165, 1.54) is 0 Å². The van der Waals surface area contributed by atoms with Gasteiger partial charge in [-0.3, -0.25) is 14.4 Å². The van der Waals surface area contributed by atoms with Gasteiger partial charge in [-0.1, -0.05) is 43.3 Å². The second-order valence-electron chi connectivity index (χ2n) is 8.65. The Labute approximate surface area is 205 Å². The standard InChI is InChI=1S/C28H31N3O4/c1-4-23(27(33)29-2)31(18-19-9-5-12-21(17-19)35-3)25(32)15-8-16-30-24-14-7-11-20-10-6-13-22(26(20)24)28(30)34/h5-7,9-14,17,23H,4,8,15-16,18H2,1-3H3,(H,29,33)/t23-/m1/s1. The van der Waals surface area contributed by atoms with Crippen LogP contribution in [0.1, 0.15) is 42.1 Å². The Bertz CT molecular complexity index is 1250. The smallest absolute Gasteiger partial charge is 0.258 e. The Morgan fingerprint density at radius 1 is 1.09 bits per heavy atom. The molecule has 7 nitrogen and oxygen atoms in total. The van der Waals surface area contributed by atoms with Gasteiger partial charge in [0, 0.05) is 37.5 Å². The van der Waals surface area contributed by atoms with Crippen LogP contribution in [0.5, 0.6) is 5.75 Å². The molecule has 0 spiro atoms. The summed E-state index contributed by atoms with van der Waals surface area (Å²) >= 11 is 0. The number of hydrogen-bond donors (Lipinski definition) is 1. The number of ether oxygens (including phenoxy) is 1. The molecule has 0 fully saturated rings. The number of likely N-dealkylation sites (N-methyl/N-ethyl adjacent to an activating group) is 1. The van der Waals surface area contributed by atoms with Crippen molar-refractivity contribution in [3.8, 4) is 5.75 Å². The molecule has 0 radical (unpaired) electrons. The molecule has 0 bridgehead atoms. The van der Waals surface area contributed by atoms with Crippen LogP contribution in [0.3, 0.4) is 0 Å². The molecule has 0 saturated heterocycles. The van der Waals surface area contributed by atoms with E-state index in [0.29, 0.717) is 37.2 Å². The van der Waals surface area contributed by atoms with E-state index in [1.807, 2.05) is 67.6 Å². The summed E-state index contributed by atoms with van der Waals surface area (Å²) in [6, 6.07) is 18.6. The van der Waals surface area contributed by atoms with Crippen molar-refractivity contribution in [2.45, 2.75) is 38.8 Å². The van der Waals surface area contributed by atoms with Gasteiger partial charge in [0.1, 0.15) is 11.8 Å². The first-order valence-corrected chi connectivity index (χ1v) is 12.0. The minimum atomic E-state index is -0.579. The molecule has 1 aliphatic heterocycles. The normalized spacial score (nSPS) is 13.1. The van der Waals surface area contributed by atoms with E-state index in [0.717, 1.165) is 22.0 Å². The molecule has 0 aromatic heterocycles. The fraction of sp³-hybridized carbons (Fsp3) is 0.321. The number of benzene rings is 3. The van der Waals surface area contributed by atoms with Crippen LogP contribution < -0.4 is 15.0 Å². The number of amides is 3. The van der Waals surface area contributed by atoms with Crippen molar-refractivity contribution >= 4 is 34.2 Å². The maximum absolute atomic E-state index is 13.4. The van der Waals surface area contributed by atoms with Crippen molar-refractivity contribution in [1.82, 2.24) is 10.2 Å². The van der Waals surface area contributed by atoms with Crippen molar-refractivity contribution in [3.05, 3.63) is 71.8 Å². The minimum Gasteiger partial charge on any atom is -0.497 e. The van der Waals surface area contributed by atoms with Crippen molar-refractivity contribution in [1.29, 1.82) is 0 Å². The zero-order valence-corrected chi connectivity index (χ0v) is 20.4. The second kappa shape index (κ2) is 10.6. The van der Waals surface area contributed by atoms with Crippen molar-refractivity contribution in [2.24, 2.45) is 0 Å². The number of hydrogen-bond acceptors (Lipinski definition) is 4. The van der Waals surface area contributed by atoms with Gasteiger partial charge in [0.25, 0.3) is 5.91 Å². The number of methoxy groups -OCH3 is 1. The lowest BCUT2D eigenvalue weighted by Gasteiger charge is -2.30. The van der Waals surface area contributed by atoms with Crippen LogP contribution in [0.25, 0.3) is 10.8 Å². The molecule has 3 amide bonds. The summed E-state index contributed by atoms with van der Waals surface area (Å²) in [4.78, 5) is 42.4. The van der Waals surface area contributed by atoms with Gasteiger partial charge in [0.15, 0.2) is 0 Å². The molecule has 3 aromatic rings. The van der Waals surface area contributed by atoms with E-state index >= 15 is 0 Å². The largest absolute Gasteiger partial charge is 0.497 e. The number of nitrogens with one attached hydrogen (secondary N) is 1. The van der Waals surface area contributed by atoms with E-state index in [1.54, 1.807) is 24.0 Å². The Balaban J connectivity index is 1.48. The number of nitrogens with zero attached hydrogens (tertiary/aromatic N) is 2. The molecule has 182 valence electrons. The Hall–Kier alpha value is -3.87. The highest BCUT2D eigenvalue weighted by Gasteiger charge is 2.31. The van der Waals surface area contributed by atoms with Crippen molar-refractivity contribution in [3.63, 3.8) is 0 Å². The van der Waals surface area contributed by atoms with Gasteiger partial charge in [0.05, 0.1) is 12.8 Å². The molecule has 0 aliphatic carbocycles. The van der Waals surface area contributed by atoms with Crippen LogP contribution in [0.4, 0.5) is 5.69 Å². The SMILES string of the molecule is CC[C@H](C(=O)NC)N(Cc1cccc(OC)c1)C(=O)CCCN1C(=O)c2cccc3cccc1c23. The highest BCUT2D eigenvalue weighted by Crippen LogP contribution is 2.37. The van der Waals surface area contributed by atoms with E-state index in [4.69, 9.17) is 4.74 Å². The van der Waals surface area contributed by atoms with Crippen LogP contribution in [0.15, 0.2) is 60.7 Å². The summed E-state index contributed by atoms with van der Waals surface area (Å²) in [5.74, 6) is 0.352. The monoisotopic (exact) mass is 473 g/mol. The summed E-state index contributed by atoms with van der Waals surface area (Å²) in [5, 5.41) is 4.68. The summed E-state index contributed by atoms with van der Waals surface area (Å²) in [6.45, 7) is 2.63. The van der Waals surface area contributed by atoms with Gasteiger partial charge < -0.3 is 19.9 Å². The van der Waals surface area contributed by atoms with E-state index < -0.39 is 6.04 Å². The molecule has 1 N–H and O–H groups in total. The maximum Gasteiger partial charge on any atom is 0.258 e. The molecule has 1 heterocycles. The zero-order chi connectivity index (χ0) is 24.9. The van der Waals surface area contributed by atoms with Crippen LogP contribution in [0.2, 0.25) is 0 Å². The Morgan fingerprint density at radius 3 is 2.54 bits per heavy atom. The number of anilines is 1. The fourth-order valence-electron chi connectivity index (χ4n) is 4.79. The number of rotatable bonds is 10. The molecule has 3 aromatic carbocycles. The average molecular weight is 474 g/mol. The third kappa shape index (κ3) is 4.85. The molecule has 1 aliphatic rings. The lowest BCUT2D eigenvalue weighted by molar-refractivity contribution is -0.141.